The van der Waals surface area contributed by atoms with Crippen LogP contribution in [-0.4, -0.2) is 32.2 Å². The molecule has 150 valence electrons. The van der Waals surface area contributed by atoms with Gasteiger partial charge in [-0.1, -0.05) is 60.9 Å². The molecule has 5 nitrogen and oxygen atoms in total. The maximum Gasteiger partial charge on any atom is 0.297 e. The summed E-state index contributed by atoms with van der Waals surface area (Å²) in [6, 6.07) is 16.9. The molecule has 0 N–H and O–H groups in total. The Kier molecular flexibility index (Phi) is 5.83. The molecule has 28 heavy (non-hydrogen) atoms. The average Bonchev–Trinajstić information content (AvgIpc) is 2.69. The molecule has 0 bridgehead atoms. The van der Waals surface area contributed by atoms with Gasteiger partial charge in [-0.3, -0.25) is 9.02 Å². The van der Waals surface area contributed by atoms with E-state index < -0.39 is 16.2 Å². The van der Waals surface area contributed by atoms with Crippen LogP contribution in [0.5, 0.6) is 0 Å². The highest BCUT2D eigenvalue weighted by Crippen LogP contribution is 2.36. The largest absolute Gasteiger partial charge is 0.297 e. The van der Waals surface area contributed by atoms with Crippen molar-refractivity contribution in [2.75, 3.05) is 6.54 Å². The summed E-state index contributed by atoms with van der Waals surface area (Å²) in [5.41, 5.74) is 2.16. The first kappa shape index (κ1) is 19.6. The van der Waals surface area contributed by atoms with Crippen LogP contribution in [0.25, 0.3) is 0 Å². The second-order valence-corrected chi connectivity index (χ2v) is 9.37. The van der Waals surface area contributed by atoms with Crippen LogP contribution >= 0.6 is 0 Å². The van der Waals surface area contributed by atoms with Gasteiger partial charge in [0.05, 0.1) is 23.6 Å². The summed E-state index contributed by atoms with van der Waals surface area (Å²) in [6.07, 6.45) is 3.71. The number of aryl methyl sites for hydroxylation is 1. The van der Waals surface area contributed by atoms with E-state index in [1.807, 2.05) is 30.2 Å². The van der Waals surface area contributed by atoms with Crippen molar-refractivity contribution in [1.29, 1.82) is 0 Å². The van der Waals surface area contributed by atoms with Crippen LogP contribution in [0.1, 0.15) is 36.8 Å². The lowest BCUT2D eigenvalue weighted by molar-refractivity contribution is -0.275. The Morgan fingerprint density at radius 1 is 1.04 bits per heavy atom. The number of nitrogens with zero attached hydrogens (tertiary/aromatic N) is 1. The smallest absolute Gasteiger partial charge is 0.295 e. The summed E-state index contributed by atoms with van der Waals surface area (Å²) in [5, 5.41) is 1.87. The first-order chi connectivity index (χ1) is 13.5. The van der Waals surface area contributed by atoms with Gasteiger partial charge in [0.1, 0.15) is 0 Å². The van der Waals surface area contributed by atoms with Crippen molar-refractivity contribution in [3.8, 4) is 0 Å². The third-order valence-corrected chi connectivity index (χ3v) is 7.01. The molecule has 1 saturated carbocycles. The molecule has 2 aliphatic rings. The van der Waals surface area contributed by atoms with Gasteiger partial charge in [-0.05, 0) is 37.5 Å². The standard InChI is InChI=1S/C22H27NO4S/c1-17-11-13-19(14-12-17)28(24,25)27-22-16-23(15-18-7-3-2-4-8-18)26-21-10-6-5-9-20(21)22/h2-4,7-8,11-14,20-22H,5-6,9-10,15-16H2,1H3/t20-,21+,22-/m1/s1. The zero-order valence-corrected chi connectivity index (χ0v) is 17.0. The average molecular weight is 402 g/mol. The number of hydrogen-bond acceptors (Lipinski definition) is 5. The maximum atomic E-state index is 12.9. The number of hydrogen-bond donors (Lipinski definition) is 0. The SMILES string of the molecule is Cc1ccc(S(=O)(=O)O[C@@H]2CN(Cc3ccccc3)O[C@H]3CCCC[C@H]32)cc1. The summed E-state index contributed by atoms with van der Waals surface area (Å²) < 4.78 is 31.5. The Morgan fingerprint density at radius 2 is 1.75 bits per heavy atom. The number of hydroxylamine groups is 2. The summed E-state index contributed by atoms with van der Waals surface area (Å²) >= 11 is 0. The molecule has 2 aromatic rings. The van der Waals surface area contributed by atoms with Crippen molar-refractivity contribution < 1.29 is 17.4 Å². The Morgan fingerprint density at radius 3 is 2.50 bits per heavy atom. The van der Waals surface area contributed by atoms with Crippen LogP contribution in [0.3, 0.4) is 0 Å². The van der Waals surface area contributed by atoms with E-state index in [0.29, 0.717) is 13.1 Å². The molecule has 3 atom stereocenters. The number of rotatable bonds is 5. The molecule has 1 aliphatic carbocycles. The van der Waals surface area contributed by atoms with Gasteiger partial charge in [-0.15, -0.1) is 0 Å². The second kappa shape index (κ2) is 8.33. The van der Waals surface area contributed by atoms with Crippen molar-refractivity contribution in [3.05, 3.63) is 65.7 Å². The quantitative estimate of drug-likeness (QED) is 0.707. The molecule has 2 aromatic carbocycles. The van der Waals surface area contributed by atoms with Gasteiger partial charge in [-0.25, -0.2) is 0 Å². The third kappa shape index (κ3) is 4.46. The molecular formula is C22H27NO4S. The minimum Gasteiger partial charge on any atom is -0.295 e. The zero-order chi connectivity index (χ0) is 19.6. The highest BCUT2D eigenvalue weighted by molar-refractivity contribution is 7.86. The molecule has 1 aliphatic heterocycles. The Labute approximate surface area is 167 Å². The molecule has 4 rings (SSSR count). The van der Waals surface area contributed by atoms with E-state index in [-0.39, 0.29) is 16.9 Å². The van der Waals surface area contributed by atoms with Gasteiger partial charge in [0, 0.05) is 12.5 Å². The molecule has 2 fully saturated rings. The lowest BCUT2D eigenvalue weighted by atomic mass is 9.82. The van der Waals surface area contributed by atoms with Gasteiger partial charge in [0.15, 0.2) is 0 Å². The Balaban J connectivity index is 1.53. The van der Waals surface area contributed by atoms with Crippen molar-refractivity contribution in [2.45, 2.75) is 56.3 Å². The van der Waals surface area contributed by atoms with Crippen LogP contribution < -0.4 is 0 Å². The summed E-state index contributed by atoms with van der Waals surface area (Å²) in [6.45, 7) is 3.00. The van der Waals surface area contributed by atoms with Crippen molar-refractivity contribution in [2.24, 2.45) is 5.92 Å². The van der Waals surface area contributed by atoms with Crippen molar-refractivity contribution >= 4 is 10.1 Å². The van der Waals surface area contributed by atoms with Crippen molar-refractivity contribution in [1.82, 2.24) is 5.06 Å². The number of fused-ring (bicyclic) bond motifs is 1. The van der Waals surface area contributed by atoms with Crippen LogP contribution in [0.15, 0.2) is 59.5 Å². The molecule has 0 amide bonds. The summed E-state index contributed by atoms with van der Waals surface area (Å²) in [5.74, 6) is 0.112. The molecule has 0 unspecified atom stereocenters. The fourth-order valence-electron chi connectivity index (χ4n) is 4.17. The van der Waals surface area contributed by atoms with Gasteiger partial charge in [-0.2, -0.15) is 13.5 Å². The predicted octanol–water partition coefficient (Wildman–Crippen LogP) is 4.08. The second-order valence-electron chi connectivity index (χ2n) is 7.80. The van der Waals surface area contributed by atoms with E-state index in [1.54, 1.807) is 24.3 Å². The monoisotopic (exact) mass is 401 g/mol. The van der Waals surface area contributed by atoms with E-state index in [1.165, 1.54) is 0 Å². The molecule has 6 heteroatoms. The van der Waals surface area contributed by atoms with Crippen molar-refractivity contribution in [3.63, 3.8) is 0 Å². The van der Waals surface area contributed by atoms with Gasteiger partial charge >= 0.3 is 0 Å². The molecule has 0 aromatic heterocycles. The third-order valence-electron chi connectivity index (χ3n) is 5.66. The van der Waals surface area contributed by atoms with Gasteiger partial charge in [0.25, 0.3) is 10.1 Å². The fourth-order valence-corrected chi connectivity index (χ4v) is 5.28. The Hall–Kier alpha value is -1.73. The molecule has 0 radical (unpaired) electrons. The molecular weight excluding hydrogens is 374 g/mol. The van der Waals surface area contributed by atoms with E-state index in [9.17, 15) is 8.42 Å². The van der Waals surface area contributed by atoms with E-state index in [4.69, 9.17) is 9.02 Å². The molecule has 0 spiro atoms. The lowest BCUT2D eigenvalue weighted by Gasteiger charge is -2.44. The first-order valence-electron chi connectivity index (χ1n) is 9.97. The highest BCUT2D eigenvalue weighted by Gasteiger charge is 2.42. The van der Waals surface area contributed by atoms with Crippen LogP contribution in [0.2, 0.25) is 0 Å². The van der Waals surface area contributed by atoms with Crippen LogP contribution in [0.4, 0.5) is 0 Å². The lowest BCUT2D eigenvalue weighted by Crippen LogP contribution is -2.52. The van der Waals surface area contributed by atoms with E-state index in [2.05, 4.69) is 12.1 Å². The summed E-state index contributed by atoms with van der Waals surface area (Å²) in [7, 11) is -3.81. The minimum atomic E-state index is -3.81. The normalized spacial score (nSPS) is 26.0. The van der Waals surface area contributed by atoms with E-state index >= 15 is 0 Å². The number of benzene rings is 2. The highest BCUT2D eigenvalue weighted by atomic mass is 32.2. The summed E-state index contributed by atoms with van der Waals surface area (Å²) in [4.78, 5) is 6.43. The zero-order valence-electron chi connectivity index (χ0n) is 16.2. The van der Waals surface area contributed by atoms with E-state index in [0.717, 1.165) is 36.8 Å². The maximum absolute atomic E-state index is 12.9. The first-order valence-corrected chi connectivity index (χ1v) is 11.4. The minimum absolute atomic E-state index is 0.0180. The molecule has 1 heterocycles. The van der Waals surface area contributed by atoms with Crippen LogP contribution in [0, 0.1) is 12.8 Å². The van der Waals surface area contributed by atoms with Crippen LogP contribution in [-0.2, 0) is 25.7 Å². The van der Waals surface area contributed by atoms with Gasteiger partial charge in [0.2, 0.25) is 0 Å². The molecule has 1 saturated heterocycles. The predicted molar refractivity (Wildman–Crippen MR) is 107 cm³/mol. The Bertz CT molecular complexity index is 883. The van der Waals surface area contributed by atoms with Gasteiger partial charge < -0.3 is 0 Å². The topological polar surface area (TPSA) is 55.8 Å². The fraction of sp³-hybridized carbons (Fsp3) is 0.455.